The predicted octanol–water partition coefficient (Wildman–Crippen LogP) is 3.68. The Labute approximate surface area is 198 Å². The van der Waals surface area contributed by atoms with Gasteiger partial charge in [0.2, 0.25) is 5.91 Å². The number of carbonyl (C=O) groups is 3. The molecule has 2 heterocycles. The number of piperidine rings is 1. The van der Waals surface area contributed by atoms with Gasteiger partial charge in [0, 0.05) is 50.4 Å². The highest BCUT2D eigenvalue weighted by atomic mass is 19.1. The van der Waals surface area contributed by atoms with Crippen molar-refractivity contribution < 1.29 is 23.2 Å². The van der Waals surface area contributed by atoms with Gasteiger partial charge in [0.15, 0.2) is 0 Å². The molecule has 0 saturated carbocycles. The molecule has 6 nitrogen and oxygen atoms in total. The second kappa shape index (κ2) is 8.81. The van der Waals surface area contributed by atoms with Gasteiger partial charge >= 0.3 is 0 Å². The van der Waals surface area contributed by atoms with Crippen LogP contribution in [0.25, 0.3) is 0 Å². The summed E-state index contributed by atoms with van der Waals surface area (Å²) in [4.78, 5) is 45.1. The molecule has 2 aromatic carbocycles. The highest BCUT2D eigenvalue weighted by Gasteiger charge is 2.56. The number of benzene rings is 2. The molecule has 0 bridgehead atoms. The molecule has 4 rings (SSSR count). The van der Waals surface area contributed by atoms with E-state index in [1.54, 1.807) is 36.0 Å². The Hall–Kier alpha value is -3.29. The van der Waals surface area contributed by atoms with Gasteiger partial charge in [-0.05, 0) is 50.5 Å². The molecule has 1 fully saturated rings. The standard InChI is InChI=1S/C26H29F2N3O3/c1-16(2)31-24(33)21-8-6-5-7-20(21)22(25(34)29(3)4)26(31)9-11-30(12-10-26)23(32)17-13-18(27)15-19(28)14-17/h5-8,13-16,22H,9-12H2,1-4H3. The monoisotopic (exact) mass is 469 g/mol. The maximum absolute atomic E-state index is 13.7. The van der Waals surface area contributed by atoms with Gasteiger partial charge in [-0.15, -0.1) is 0 Å². The summed E-state index contributed by atoms with van der Waals surface area (Å²) in [5.74, 6) is -2.90. The zero-order valence-electron chi connectivity index (χ0n) is 19.8. The summed E-state index contributed by atoms with van der Waals surface area (Å²) >= 11 is 0. The summed E-state index contributed by atoms with van der Waals surface area (Å²) < 4.78 is 27.4. The van der Waals surface area contributed by atoms with E-state index in [0.29, 0.717) is 24.0 Å². The molecule has 2 aliphatic rings. The van der Waals surface area contributed by atoms with Crippen molar-refractivity contribution in [3.63, 3.8) is 0 Å². The van der Waals surface area contributed by atoms with Gasteiger partial charge in [0.1, 0.15) is 11.6 Å². The summed E-state index contributed by atoms with van der Waals surface area (Å²) in [5.41, 5.74) is 0.358. The molecule has 0 N–H and O–H groups in total. The largest absolute Gasteiger partial charge is 0.348 e. The van der Waals surface area contributed by atoms with E-state index in [-0.39, 0.29) is 36.5 Å². The van der Waals surface area contributed by atoms with E-state index in [9.17, 15) is 23.2 Å². The highest BCUT2D eigenvalue weighted by molar-refractivity contribution is 6.02. The summed E-state index contributed by atoms with van der Waals surface area (Å²) in [6, 6.07) is 9.83. The number of hydrogen-bond donors (Lipinski definition) is 0. The smallest absolute Gasteiger partial charge is 0.254 e. The fourth-order valence-electron chi connectivity index (χ4n) is 5.56. The van der Waals surface area contributed by atoms with Crippen molar-refractivity contribution in [3.05, 3.63) is 70.8 Å². The summed E-state index contributed by atoms with van der Waals surface area (Å²) in [6.45, 7) is 4.37. The predicted molar refractivity (Wildman–Crippen MR) is 123 cm³/mol. The summed E-state index contributed by atoms with van der Waals surface area (Å²) in [5, 5.41) is 0. The van der Waals surface area contributed by atoms with Crippen molar-refractivity contribution in [3.8, 4) is 0 Å². The molecular weight excluding hydrogens is 440 g/mol. The number of amides is 3. The summed E-state index contributed by atoms with van der Waals surface area (Å²) in [7, 11) is 3.40. The molecule has 2 aromatic rings. The highest BCUT2D eigenvalue weighted by Crippen LogP contribution is 2.48. The quantitative estimate of drug-likeness (QED) is 0.689. The lowest BCUT2D eigenvalue weighted by Gasteiger charge is -2.56. The first kappa shape index (κ1) is 23.9. The Kier molecular flexibility index (Phi) is 6.18. The number of fused-ring (bicyclic) bond motifs is 1. The van der Waals surface area contributed by atoms with E-state index < -0.39 is 29.0 Å². The van der Waals surface area contributed by atoms with Crippen LogP contribution < -0.4 is 0 Å². The average Bonchev–Trinajstić information content (AvgIpc) is 2.78. The maximum Gasteiger partial charge on any atom is 0.254 e. The molecule has 0 aliphatic carbocycles. The van der Waals surface area contributed by atoms with Gasteiger partial charge in [0.05, 0.1) is 11.5 Å². The first-order valence-electron chi connectivity index (χ1n) is 11.5. The second-order valence-electron chi connectivity index (χ2n) is 9.58. The fourth-order valence-corrected chi connectivity index (χ4v) is 5.56. The van der Waals surface area contributed by atoms with Crippen LogP contribution in [0.2, 0.25) is 0 Å². The third kappa shape index (κ3) is 3.85. The van der Waals surface area contributed by atoms with Crippen molar-refractivity contribution in [1.29, 1.82) is 0 Å². The minimum absolute atomic E-state index is 0.0554. The van der Waals surface area contributed by atoms with E-state index in [2.05, 4.69) is 0 Å². The Bertz CT molecular complexity index is 1120. The van der Waals surface area contributed by atoms with Crippen LogP contribution in [-0.2, 0) is 4.79 Å². The first-order valence-corrected chi connectivity index (χ1v) is 11.5. The van der Waals surface area contributed by atoms with Crippen molar-refractivity contribution in [2.45, 2.75) is 44.2 Å². The van der Waals surface area contributed by atoms with Gasteiger partial charge in [-0.25, -0.2) is 8.78 Å². The normalized spacial score (nSPS) is 19.4. The van der Waals surface area contributed by atoms with Crippen molar-refractivity contribution in [2.75, 3.05) is 27.2 Å². The molecule has 1 unspecified atom stereocenters. The van der Waals surface area contributed by atoms with Crippen LogP contribution in [0.1, 0.15) is 58.9 Å². The van der Waals surface area contributed by atoms with Crippen molar-refractivity contribution >= 4 is 17.7 Å². The molecule has 1 spiro atoms. The number of likely N-dealkylation sites (tertiary alicyclic amines) is 1. The van der Waals surface area contributed by atoms with E-state index in [1.165, 1.54) is 0 Å². The molecule has 0 radical (unpaired) electrons. The SMILES string of the molecule is CC(C)N1C(=O)c2ccccc2C(C(=O)N(C)C)C12CCN(C(=O)c1cc(F)cc(F)c1)CC2. The first-order chi connectivity index (χ1) is 16.1. The zero-order chi connectivity index (χ0) is 24.8. The van der Waals surface area contributed by atoms with Crippen LogP contribution in [0.15, 0.2) is 42.5 Å². The van der Waals surface area contributed by atoms with Crippen molar-refractivity contribution in [2.24, 2.45) is 0 Å². The minimum Gasteiger partial charge on any atom is -0.348 e. The Balaban J connectivity index is 1.74. The molecule has 1 saturated heterocycles. The zero-order valence-corrected chi connectivity index (χ0v) is 19.8. The fraction of sp³-hybridized carbons (Fsp3) is 0.423. The van der Waals surface area contributed by atoms with Gasteiger partial charge in [-0.1, -0.05) is 18.2 Å². The Morgan fingerprint density at radius 3 is 2.18 bits per heavy atom. The molecule has 8 heteroatoms. The lowest BCUT2D eigenvalue weighted by Crippen LogP contribution is -2.67. The van der Waals surface area contributed by atoms with Crippen LogP contribution in [0.4, 0.5) is 8.78 Å². The third-order valence-corrected chi connectivity index (χ3v) is 6.97. The van der Waals surface area contributed by atoms with E-state index in [1.807, 2.05) is 30.9 Å². The van der Waals surface area contributed by atoms with Crippen LogP contribution in [-0.4, -0.2) is 71.2 Å². The van der Waals surface area contributed by atoms with E-state index >= 15 is 0 Å². The molecule has 1 atom stereocenters. The number of halogens is 2. The lowest BCUT2D eigenvalue weighted by atomic mass is 9.66. The van der Waals surface area contributed by atoms with Gasteiger partial charge in [-0.2, -0.15) is 0 Å². The number of carbonyl (C=O) groups excluding carboxylic acids is 3. The number of likely N-dealkylation sites (N-methyl/N-ethyl adjacent to an activating group) is 1. The second-order valence-corrected chi connectivity index (χ2v) is 9.58. The topological polar surface area (TPSA) is 60.9 Å². The molecule has 180 valence electrons. The molecule has 34 heavy (non-hydrogen) atoms. The number of rotatable bonds is 3. The molecule has 0 aromatic heterocycles. The number of hydrogen-bond acceptors (Lipinski definition) is 3. The van der Waals surface area contributed by atoms with E-state index in [0.717, 1.165) is 18.2 Å². The number of nitrogens with zero attached hydrogens (tertiary/aromatic N) is 3. The van der Waals surface area contributed by atoms with Gasteiger partial charge in [-0.3, -0.25) is 14.4 Å². The van der Waals surface area contributed by atoms with Gasteiger partial charge in [0.25, 0.3) is 11.8 Å². The maximum atomic E-state index is 13.7. The molecular formula is C26H29F2N3O3. The Morgan fingerprint density at radius 1 is 1.03 bits per heavy atom. The average molecular weight is 470 g/mol. The summed E-state index contributed by atoms with van der Waals surface area (Å²) in [6.07, 6.45) is 0.748. The van der Waals surface area contributed by atoms with Crippen LogP contribution in [0, 0.1) is 11.6 Å². The van der Waals surface area contributed by atoms with E-state index in [4.69, 9.17) is 0 Å². The van der Waals surface area contributed by atoms with Crippen molar-refractivity contribution in [1.82, 2.24) is 14.7 Å². The van der Waals surface area contributed by atoms with Crippen LogP contribution in [0.3, 0.4) is 0 Å². The lowest BCUT2D eigenvalue weighted by molar-refractivity contribution is -0.136. The van der Waals surface area contributed by atoms with Crippen LogP contribution in [0.5, 0.6) is 0 Å². The Morgan fingerprint density at radius 2 is 1.62 bits per heavy atom. The minimum atomic E-state index is -0.815. The third-order valence-electron chi connectivity index (χ3n) is 6.97. The molecule has 2 aliphatic heterocycles. The van der Waals surface area contributed by atoms with Crippen LogP contribution >= 0.6 is 0 Å². The molecule has 3 amide bonds. The van der Waals surface area contributed by atoms with Gasteiger partial charge < -0.3 is 14.7 Å².